The van der Waals surface area contributed by atoms with Gasteiger partial charge in [0.15, 0.2) is 0 Å². The molecule has 4 nitrogen and oxygen atoms in total. The summed E-state index contributed by atoms with van der Waals surface area (Å²) < 4.78 is 28.8. The molecule has 106 valence electrons. The molecular formula is C13H26N2O2S. The standard InChI is InChI=1S/C13H26N2O2S/c1-11-8-12(2)10-14(9-11)18(16,17)15-7-5-4-6-13(15)3/h11-13H,4-10H2,1-3H3. The van der Waals surface area contributed by atoms with Crippen LogP contribution in [0, 0.1) is 11.8 Å². The van der Waals surface area contributed by atoms with Crippen molar-refractivity contribution in [2.45, 2.75) is 52.5 Å². The summed E-state index contributed by atoms with van der Waals surface area (Å²) in [6, 6.07) is 0.163. The van der Waals surface area contributed by atoms with E-state index in [9.17, 15) is 8.42 Å². The highest BCUT2D eigenvalue weighted by Crippen LogP contribution is 2.28. The molecule has 0 bridgehead atoms. The molecule has 0 saturated carbocycles. The summed E-state index contributed by atoms with van der Waals surface area (Å²) >= 11 is 0. The van der Waals surface area contributed by atoms with Crippen LogP contribution in [0.4, 0.5) is 0 Å². The Bertz CT molecular complexity index is 372. The maximum atomic E-state index is 12.7. The molecule has 2 aliphatic rings. The predicted molar refractivity (Wildman–Crippen MR) is 73.5 cm³/mol. The van der Waals surface area contributed by atoms with Crippen LogP contribution in [-0.4, -0.2) is 42.7 Å². The van der Waals surface area contributed by atoms with Gasteiger partial charge in [-0.3, -0.25) is 0 Å². The fraction of sp³-hybridized carbons (Fsp3) is 1.00. The quantitative estimate of drug-likeness (QED) is 0.773. The summed E-state index contributed by atoms with van der Waals surface area (Å²) in [5.74, 6) is 0.951. The van der Waals surface area contributed by atoms with Crippen molar-refractivity contribution >= 4 is 10.2 Å². The number of rotatable bonds is 2. The molecule has 0 aromatic rings. The lowest BCUT2D eigenvalue weighted by atomic mass is 9.94. The van der Waals surface area contributed by atoms with Gasteiger partial charge in [-0.05, 0) is 38.0 Å². The van der Waals surface area contributed by atoms with Gasteiger partial charge < -0.3 is 0 Å². The molecule has 5 heteroatoms. The van der Waals surface area contributed by atoms with Crippen LogP contribution in [0.25, 0.3) is 0 Å². The van der Waals surface area contributed by atoms with Crippen molar-refractivity contribution in [1.82, 2.24) is 8.61 Å². The molecule has 2 saturated heterocycles. The van der Waals surface area contributed by atoms with Gasteiger partial charge in [0.2, 0.25) is 0 Å². The van der Waals surface area contributed by atoms with E-state index in [-0.39, 0.29) is 6.04 Å². The van der Waals surface area contributed by atoms with Gasteiger partial charge in [-0.15, -0.1) is 0 Å². The lowest BCUT2D eigenvalue weighted by Crippen LogP contribution is -2.53. The van der Waals surface area contributed by atoms with Crippen molar-refractivity contribution < 1.29 is 8.42 Å². The fourth-order valence-corrected chi connectivity index (χ4v) is 5.46. The molecule has 0 spiro atoms. The summed E-state index contributed by atoms with van der Waals surface area (Å²) in [6.45, 7) is 8.41. The summed E-state index contributed by atoms with van der Waals surface area (Å²) in [4.78, 5) is 0. The van der Waals surface area contributed by atoms with Gasteiger partial charge in [-0.25, -0.2) is 0 Å². The van der Waals surface area contributed by atoms with Crippen molar-refractivity contribution in [2.75, 3.05) is 19.6 Å². The van der Waals surface area contributed by atoms with E-state index in [1.165, 1.54) is 0 Å². The van der Waals surface area contributed by atoms with Crippen molar-refractivity contribution in [1.29, 1.82) is 0 Å². The molecule has 0 aromatic heterocycles. The van der Waals surface area contributed by atoms with Crippen LogP contribution in [0.5, 0.6) is 0 Å². The molecule has 2 heterocycles. The molecule has 0 radical (unpaired) electrons. The number of hydrogen-bond donors (Lipinski definition) is 0. The minimum Gasteiger partial charge on any atom is -0.195 e. The van der Waals surface area contributed by atoms with E-state index in [4.69, 9.17) is 0 Å². The molecule has 2 rings (SSSR count). The van der Waals surface area contributed by atoms with Gasteiger partial charge in [-0.2, -0.15) is 17.0 Å². The Morgan fingerprint density at radius 2 is 1.61 bits per heavy atom. The van der Waals surface area contributed by atoms with Gasteiger partial charge in [-0.1, -0.05) is 20.3 Å². The first-order valence-corrected chi connectivity index (χ1v) is 8.58. The average Bonchev–Trinajstić information content (AvgIpc) is 2.28. The van der Waals surface area contributed by atoms with E-state index in [0.29, 0.717) is 31.5 Å². The van der Waals surface area contributed by atoms with Crippen LogP contribution < -0.4 is 0 Å². The van der Waals surface area contributed by atoms with E-state index >= 15 is 0 Å². The molecule has 0 amide bonds. The van der Waals surface area contributed by atoms with E-state index in [1.54, 1.807) is 8.61 Å². The van der Waals surface area contributed by atoms with E-state index < -0.39 is 10.2 Å². The Morgan fingerprint density at radius 3 is 2.17 bits per heavy atom. The van der Waals surface area contributed by atoms with E-state index in [1.807, 2.05) is 6.92 Å². The van der Waals surface area contributed by atoms with Crippen LogP contribution in [0.1, 0.15) is 46.5 Å². The molecule has 18 heavy (non-hydrogen) atoms. The van der Waals surface area contributed by atoms with Gasteiger partial charge in [0, 0.05) is 25.7 Å². The molecule has 0 N–H and O–H groups in total. The van der Waals surface area contributed by atoms with E-state index in [2.05, 4.69) is 13.8 Å². The van der Waals surface area contributed by atoms with E-state index in [0.717, 1.165) is 25.7 Å². The second-order valence-corrected chi connectivity index (χ2v) is 8.11. The molecular weight excluding hydrogens is 248 g/mol. The summed E-state index contributed by atoms with van der Waals surface area (Å²) in [5.41, 5.74) is 0. The van der Waals surface area contributed by atoms with Gasteiger partial charge in [0.05, 0.1) is 0 Å². The predicted octanol–water partition coefficient (Wildman–Crippen LogP) is 2.08. The highest BCUT2D eigenvalue weighted by Gasteiger charge is 2.37. The Morgan fingerprint density at radius 1 is 1.00 bits per heavy atom. The third kappa shape index (κ3) is 2.89. The van der Waals surface area contributed by atoms with Crippen LogP contribution in [0.3, 0.4) is 0 Å². The Kier molecular flexibility index (Phi) is 4.34. The maximum absolute atomic E-state index is 12.7. The SMILES string of the molecule is CC1CC(C)CN(S(=O)(=O)N2CCCCC2C)C1. The van der Waals surface area contributed by atoms with Crippen LogP contribution in [-0.2, 0) is 10.2 Å². The fourth-order valence-electron chi connectivity index (χ4n) is 3.36. The number of nitrogens with zero attached hydrogens (tertiary/aromatic N) is 2. The minimum atomic E-state index is -3.23. The van der Waals surface area contributed by atoms with Gasteiger partial charge in [0.1, 0.15) is 0 Å². The van der Waals surface area contributed by atoms with Crippen molar-refractivity contribution in [2.24, 2.45) is 11.8 Å². The summed E-state index contributed by atoms with van der Waals surface area (Å²) in [7, 11) is -3.23. The number of hydrogen-bond acceptors (Lipinski definition) is 2. The molecule has 2 aliphatic heterocycles. The second kappa shape index (κ2) is 5.47. The molecule has 0 aromatic carbocycles. The molecule has 3 unspecified atom stereocenters. The van der Waals surface area contributed by atoms with Gasteiger partial charge >= 0.3 is 0 Å². The van der Waals surface area contributed by atoms with Crippen molar-refractivity contribution in [3.63, 3.8) is 0 Å². The first-order chi connectivity index (χ1) is 8.41. The number of piperidine rings is 2. The first-order valence-electron chi connectivity index (χ1n) is 7.18. The monoisotopic (exact) mass is 274 g/mol. The molecule has 2 fully saturated rings. The minimum absolute atomic E-state index is 0.163. The zero-order chi connectivity index (χ0) is 13.3. The van der Waals surface area contributed by atoms with Crippen LogP contribution >= 0.6 is 0 Å². The smallest absolute Gasteiger partial charge is 0.195 e. The lowest BCUT2D eigenvalue weighted by molar-refractivity contribution is 0.190. The highest BCUT2D eigenvalue weighted by atomic mass is 32.2. The topological polar surface area (TPSA) is 40.6 Å². The van der Waals surface area contributed by atoms with Crippen molar-refractivity contribution in [3.8, 4) is 0 Å². The second-order valence-electron chi connectivity index (χ2n) is 6.23. The summed E-state index contributed by atoms with van der Waals surface area (Å²) in [5, 5.41) is 0. The average molecular weight is 274 g/mol. The largest absolute Gasteiger partial charge is 0.282 e. The lowest BCUT2D eigenvalue weighted by Gasteiger charge is -2.40. The zero-order valence-corrected chi connectivity index (χ0v) is 12.6. The molecule has 3 atom stereocenters. The Balaban J connectivity index is 2.14. The third-order valence-corrected chi connectivity index (χ3v) is 6.29. The summed E-state index contributed by atoms with van der Waals surface area (Å²) in [6.07, 6.45) is 4.29. The Hall–Kier alpha value is -0.130. The Labute approximate surface area is 112 Å². The third-order valence-electron chi connectivity index (χ3n) is 4.20. The van der Waals surface area contributed by atoms with Crippen LogP contribution in [0.15, 0.2) is 0 Å². The van der Waals surface area contributed by atoms with Crippen molar-refractivity contribution in [3.05, 3.63) is 0 Å². The molecule has 0 aliphatic carbocycles. The zero-order valence-electron chi connectivity index (χ0n) is 11.8. The normalized spacial score (nSPS) is 36.7. The van der Waals surface area contributed by atoms with Gasteiger partial charge in [0.25, 0.3) is 10.2 Å². The van der Waals surface area contributed by atoms with Crippen LogP contribution in [0.2, 0.25) is 0 Å². The first kappa shape index (κ1) is 14.3. The maximum Gasteiger partial charge on any atom is 0.282 e. The highest BCUT2D eigenvalue weighted by molar-refractivity contribution is 7.86.